The highest BCUT2D eigenvalue weighted by Crippen LogP contribution is 2.34. The normalized spacial score (nSPS) is 18.1. The van der Waals surface area contributed by atoms with Crippen LogP contribution in [-0.4, -0.2) is 23.1 Å². The maximum Gasteiger partial charge on any atom is 0.251 e. The molecule has 1 heterocycles. The summed E-state index contributed by atoms with van der Waals surface area (Å²) >= 11 is 0. The molecule has 1 aromatic heterocycles. The van der Waals surface area contributed by atoms with Gasteiger partial charge >= 0.3 is 0 Å². The molecule has 0 amide bonds. The zero-order valence-electron chi connectivity index (χ0n) is 13.3. The fourth-order valence-corrected chi connectivity index (χ4v) is 3.03. The topological polar surface area (TPSA) is 67.0 Å². The van der Waals surface area contributed by atoms with E-state index in [9.17, 15) is 4.79 Å². The van der Waals surface area contributed by atoms with E-state index in [-0.39, 0.29) is 11.7 Å². The van der Waals surface area contributed by atoms with E-state index in [1.165, 1.54) is 19.3 Å². The Morgan fingerprint density at radius 1 is 1.38 bits per heavy atom. The van der Waals surface area contributed by atoms with E-state index in [1.807, 2.05) is 0 Å². The summed E-state index contributed by atoms with van der Waals surface area (Å²) in [5, 5.41) is 3.30. The number of aromatic amines is 1. The molecular weight excluding hydrogens is 266 g/mol. The molecule has 5 heteroatoms. The fraction of sp³-hybridized carbons (Fsp3) is 0.750. The van der Waals surface area contributed by atoms with Crippen molar-refractivity contribution in [3.63, 3.8) is 0 Å². The zero-order valence-corrected chi connectivity index (χ0v) is 13.3. The first kappa shape index (κ1) is 16.2. The van der Waals surface area contributed by atoms with Gasteiger partial charge < -0.3 is 15.0 Å². The van der Waals surface area contributed by atoms with Crippen molar-refractivity contribution in [2.45, 2.75) is 64.6 Å². The standard InChI is InChI=1S/C16H27N3O2/c1-11(2)17-10-13-9-14(20)19-16(18-13)15(21-3)12-7-5-4-6-8-12/h9,11-12,15,17H,4-8,10H2,1-3H3,(H,18,19,20). The molecule has 0 spiro atoms. The number of ether oxygens (including phenoxy) is 1. The van der Waals surface area contributed by atoms with Crippen molar-refractivity contribution in [2.75, 3.05) is 7.11 Å². The lowest BCUT2D eigenvalue weighted by Gasteiger charge is -2.28. The van der Waals surface area contributed by atoms with E-state index in [0.29, 0.717) is 24.3 Å². The molecule has 0 radical (unpaired) electrons. The van der Waals surface area contributed by atoms with E-state index < -0.39 is 0 Å². The van der Waals surface area contributed by atoms with Crippen molar-refractivity contribution in [3.05, 3.63) is 27.9 Å². The van der Waals surface area contributed by atoms with E-state index in [4.69, 9.17) is 4.74 Å². The molecule has 0 aliphatic heterocycles. The molecule has 0 aromatic carbocycles. The highest BCUT2D eigenvalue weighted by Gasteiger charge is 2.27. The summed E-state index contributed by atoms with van der Waals surface area (Å²) in [4.78, 5) is 19.4. The first-order chi connectivity index (χ1) is 10.1. The van der Waals surface area contributed by atoms with Gasteiger partial charge in [-0.2, -0.15) is 0 Å². The van der Waals surface area contributed by atoms with Crippen LogP contribution in [0.1, 0.15) is 63.6 Å². The molecule has 1 saturated carbocycles. The first-order valence-corrected chi connectivity index (χ1v) is 7.96. The van der Waals surface area contributed by atoms with Gasteiger partial charge in [0.1, 0.15) is 11.9 Å². The number of hydrogen-bond acceptors (Lipinski definition) is 4. The highest BCUT2D eigenvalue weighted by atomic mass is 16.5. The summed E-state index contributed by atoms with van der Waals surface area (Å²) in [5.74, 6) is 1.14. The van der Waals surface area contributed by atoms with Crippen molar-refractivity contribution in [2.24, 2.45) is 5.92 Å². The minimum atomic E-state index is -0.100. The van der Waals surface area contributed by atoms with Gasteiger partial charge in [0.15, 0.2) is 0 Å². The number of aromatic nitrogens is 2. The second-order valence-electron chi connectivity index (χ2n) is 6.21. The molecule has 1 aliphatic carbocycles. The van der Waals surface area contributed by atoms with Crippen molar-refractivity contribution < 1.29 is 4.74 Å². The van der Waals surface area contributed by atoms with Crippen LogP contribution in [0.5, 0.6) is 0 Å². The van der Waals surface area contributed by atoms with Crippen LogP contribution >= 0.6 is 0 Å². The number of nitrogens with one attached hydrogen (secondary N) is 2. The predicted molar refractivity (Wildman–Crippen MR) is 83.2 cm³/mol. The Morgan fingerprint density at radius 3 is 2.71 bits per heavy atom. The minimum Gasteiger partial charge on any atom is -0.373 e. The van der Waals surface area contributed by atoms with Gasteiger partial charge in [0.2, 0.25) is 0 Å². The summed E-state index contributed by atoms with van der Waals surface area (Å²) in [6, 6.07) is 1.93. The van der Waals surface area contributed by atoms with Gasteiger partial charge in [0.05, 0.1) is 5.69 Å². The maximum absolute atomic E-state index is 11.9. The Balaban J connectivity index is 2.17. The molecular formula is C16H27N3O2. The van der Waals surface area contributed by atoms with Crippen LogP contribution in [0.15, 0.2) is 10.9 Å². The lowest BCUT2D eigenvalue weighted by molar-refractivity contribution is 0.0285. The molecule has 2 N–H and O–H groups in total. The first-order valence-electron chi connectivity index (χ1n) is 7.96. The summed E-state index contributed by atoms with van der Waals surface area (Å²) in [5.41, 5.74) is 0.679. The third-order valence-corrected chi connectivity index (χ3v) is 4.11. The number of rotatable bonds is 6. The molecule has 0 bridgehead atoms. The van der Waals surface area contributed by atoms with Gasteiger partial charge in [0, 0.05) is 25.8 Å². The average molecular weight is 293 g/mol. The van der Waals surface area contributed by atoms with E-state index >= 15 is 0 Å². The second-order valence-corrected chi connectivity index (χ2v) is 6.21. The van der Waals surface area contributed by atoms with Gasteiger partial charge in [0.25, 0.3) is 5.56 Å². The van der Waals surface area contributed by atoms with Crippen LogP contribution < -0.4 is 10.9 Å². The number of nitrogens with zero attached hydrogens (tertiary/aromatic N) is 1. The lowest BCUT2D eigenvalue weighted by atomic mass is 9.85. The molecule has 5 nitrogen and oxygen atoms in total. The van der Waals surface area contributed by atoms with Crippen molar-refractivity contribution in [1.29, 1.82) is 0 Å². The van der Waals surface area contributed by atoms with Crippen LogP contribution in [-0.2, 0) is 11.3 Å². The minimum absolute atomic E-state index is 0.0987. The Labute approximate surface area is 126 Å². The molecule has 2 rings (SSSR count). The van der Waals surface area contributed by atoms with Crippen LogP contribution in [0.2, 0.25) is 0 Å². The third kappa shape index (κ3) is 4.64. The van der Waals surface area contributed by atoms with Gasteiger partial charge in [-0.15, -0.1) is 0 Å². The van der Waals surface area contributed by atoms with E-state index in [2.05, 4.69) is 29.1 Å². The van der Waals surface area contributed by atoms with Crippen molar-refractivity contribution in [1.82, 2.24) is 15.3 Å². The lowest BCUT2D eigenvalue weighted by Crippen LogP contribution is -2.27. The van der Waals surface area contributed by atoms with Crippen LogP contribution in [0.25, 0.3) is 0 Å². The second kappa shape index (κ2) is 7.71. The molecule has 1 unspecified atom stereocenters. The maximum atomic E-state index is 11.9. The summed E-state index contributed by atoms with van der Waals surface area (Å²) < 4.78 is 5.66. The van der Waals surface area contributed by atoms with Gasteiger partial charge in [-0.3, -0.25) is 4.79 Å². The molecule has 118 valence electrons. The molecule has 1 aliphatic rings. The Bertz CT molecular complexity index is 493. The number of H-pyrrole nitrogens is 1. The molecule has 21 heavy (non-hydrogen) atoms. The third-order valence-electron chi connectivity index (χ3n) is 4.11. The largest absolute Gasteiger partial charge is 0.373 e. The number of hydrogen-bond donors (Lipinski definition) is 2. The summed E-state index contributed by atoms with van der Waals surface area (Å²) in [7, 11) is 1.71. The smallest absolute Gasteiger partial charge is 0.251 e. The summed E-state index contributed by atoms with van der Waals surface area (Å²) in [6.07, 6.45) is 5.98. The SMILES string of the molecule is COC(c1nc(CNC(C)C)cc(=O)[nH]1)C1CCCCC1. The van der Waals surface area contributed by atoms with Crippen LogP contribution in [0, 0.1) is 5.92 Å². The Morgan fingerprint density at radius 2 is 2.10 bits per heavy atom. The van der Waals surface area contributed by atoms with Gasteiger partial charge in [-0.1, -0.05) is 33.1 Å². The Kier molecular flexibility index (Phi) is 5.94. The molecule has 0 saturated heterocycles. The average Bonchev–Trinajstić information content (AvgIpc) is 2.46. The van der Waals surface area contributed by atoms with Gasteiger partial charge in [-0.25, -0.2) is 4.98 Å². The van der Waals surface area contributed by atoms with E-state index in [1.54, 1.807) is 13.2 Å². The quantitative estimate of drug-likeness (QED) is 0.846. The highest BCUT2D eigenvalue weighted by molar-refractivity contribution is 5.06. The number of methoxy groups -OCH3 is 1. The van der Waals surface area contributed by atoms with E-state index in [0.717, 1.165) is 18.5 Å². The fourth-order valence-electron chi connectivity index (χ4n) is 3.03. The van der Waals surface area contributed by atoms with Crippen LogP contribution in [0.3, 0.4) is 0 Å². The monoisotopic (exact) mass is 293 g/mol. The summed E-state index contributed by atoms with van der Waals surface area (Å²) in [6.45, 7) is 4.76. The molecule has 1 atom stereocenters. The predicted octanol–water partition coefficient (Wildman–Crippen LogP) is 2.54. The van der Waals surface area contributed by atoms with Crippen LogP contribution in [0.4, 0.5) is 0 Å². The molecule has 1 fully saturated rings. The van der Waals surface area contributed by atoms with Gasteiger partial charge in [-0.05, 0) is 18.8 Å². The molecule has 1 aromatic rings. The van der Waals surface area contributed by atoms with Crippen molar-refractivity contribution >= 4 is 0 Å². The van der Waals surface area contributed by atoms with Crippen molar-refractivity contribution in [3.8, 4) is 0 Å². The Hall–Kier alpha value is -1.20. The zero-order chi connectivity index (χ0) is 15.2.